The fraction of sp³-hybridized carbons (Fsp3) is 0.348. The highest BCUT2D eigenvalue weighted by atomic mass is 16.5. The number of hydrogen-bond donors (Lipinski definition) is 1. The number of piperidine rings is 1. The minimum absolute atomic E-state index is 0.00521. The highest BCUT2D eigenvalue weighted by molar-refractivity contribution is 5.97. The number of benzene rings is 2. The van der Waals surface area contributed by atoms with Crippen molar-refractivity contribution in [2.75, 3.05) is 14.1 Å². The summed E-state index contributed by atoms with van der Waals surface area (Å²) in [5.41, 5.74) is 5.78. The van der Waals surface area contributed by atoms with Crippen LogP contribution in [0.3, 0.4) is 0 Å². The zero-order chi connectivity index (χ0) is 18.5. The van der Waals surface area contributed by atoms with Gasteiger partial charge in [-0.2, -0.15) is 0 Å². The van der Waals surface area contributed by atoms with E-state index in [1.54, 1.807) is 19.0 Å². The minimum atomic E-state index is -0.00521. The maximum absolute atomic E-state index is 12.4. The first kappa shape index (κ1) is 16.6. The first-order valence-electron chi connectivity index (χ1n) is 9.71. The van der Waals surface area contributed by atoms with Gasteiger partial charge in [0.05, 0.1) is 0 Å². The summed E-state index contributed by atoms with van der Waals surface area (Å²) < 4.78 is 6.22. The quantitative estimate of drug-likeness (QED) is 0.707. The number of rotatable bonds is 1. The average Bonchev–Trinajstić information content (AvgIpc) is 3.02. The first-order chi connectivity index (χ1) is 13.1. The van der Waals surface area contributed by atoms with Gasteiger partial charge >= 0.3 is 0 Å². The van der Waals surface area contributed by atoms with Crippen LogP contribution in [0.25, 0.3) is 5.57 Å². The summed E-state index contributed by atoms with van der Waals surface area (Å²) in [4.78, 5) is 14.0. The Morgan fingerprint density at radius 1 is 1.00 bits per heavy atom. The van der Waals surface area contributed by atoms with Gasteiger partial charge in [-0.3, -0.25) is 4.79 Å². The fourth-order valence-electron chi connectivity index (χ4n) is 4.72. The molecule has 138 valence electrons. The van der Waals surface area contributed by atoms with E-state index in [2.05, 4.69) is 23.5 Å². The number of amides is 1. The predicted octanol–water partition coefficient (Wildman–Crippen LogP) is 4.21. The van der Waals surface area contributed by atoms with Gasteiger partial charge in [0.25, 0.3) is 5.91 Å². The number of nitrogens with one attached hydrogen (secondary N) is 1. The topological polar surface area (TPSA) is 41.6 Å². The fourth-order valence-corrected chi connectivity index (χ4v) is 4.72. The second kappa shape index (κ2) is 6.24. The van der Waals surface area contributed by atoms with Gasteiger partial charge in [0, 0.05) is 42.9 Å². The molecule has 2 fully saturated rings. The molecule has 3 heterocycles. The van der Waals surface area contributed by atoms with Crippen LogP contribution in [0.1, 0.15) is 47.2 Å². The van der Waals surface area contributed by atoms with Crippen LogP contribution in [0.2, 0.25) is 0 Å². The molecule has 2 saturated heterocycles. The number of hydrogen-bond acceptors (Lipinski definition) is 3. The molecule has 0 saturated carbocycles. The third kappa shape index (κ3) is 2.76. The van der Waals surface area contributed by atoms with Gasteiger partial charge in [0.2, 0.25) is 0 Å². The van der Waals surface area contributed by atoms with Crippen LogP contribution in [0, 0.1) is 0 Å². The highest BCUT2D eigenvalue weighted by Gasteiger charge is 2.34. The molecule has 3 aliphatic heterocycles. The van der Waals surface area contributed by atoms with Crippen LogP contribution in [-0.4, -0.2) is 37.0 Å². The Bertz CT molecular complexity index is 947. The van der Waals surface area contributed by atoms with E-state index in [-0.39, 0.29) is 5.91 Å². The van der Waals surface area contributed by atoms with Gasteiger partial charge in [0.15, 0.2) is 0 Å². The number of fused-ring (bicyclic) bond motifs is 4. The molecule has 0 spiro atoms. The number of nitrogens with zero attached hydrogens (tertiary/aromatic N) is 1. The lowest BCUT2D eigenvalue weighted by Gasteiger charge is -2.30. The number of para-hydroxylation sites is 1. The van der Waals surface area contributed by atoms with Crippen molar-refractivity contribution in [3.8, 4) is 11.5 Å². The van der Waals surface area contributed by atoms with Crippen LogP contribution in [0.5, 0.6) is 11.5 Å². The molecule has 3 aliphatic rings. The maximum atomic E-state index is 12.4. The van der Waals surface area contributed by atoms with Gasteiger partial charge in [-0.05, 0) is 55.5 Å². The summed E-state index contributed by atoms with van der Waals surface area (Å²) >= 11 is 0. The van der Waals surface area contributed by atoms with Gasteiger partial charge in [0.1, 0.15) is 11.5 Å². The summed E-state index contributed by atoms with van der Waals surface area (Å²) in [6.45, 7) is 0. The average molecular weight is 360 g/mol. The van der Waals surface area contributed by atoms with E-state index >= 15 is 0 Å². The first-order valence-corrected chi connectivity index (χ1v) is 9.71. The standard InChI is InChI=1S/C23H24N2O2/c1-25(2)23(26)14-7-10-19-21(13-14)27-20-6-4-3-5-18(20)22(19)15-11-16-8-9-17(12-15)24-16/h3-7,10,13,16-17,24H,8-9,11-12H2,1-2H3. The zero-order valence-corrected chi connectivity index (χ0v) is 15.8. The van der Waals surface area contributed by atoms with Crippen LogP contribution in [-0.2, 0) is 0 Å². The molecule has 2 aromatic rings. The van der Waals surface area contributed by atoms with E-state index < -0.39 is 0 Å². The summed E-state index contributed by atoms with van der Waals surface area (Å²) in [7, 11) is 3.55. The lowest BCUT2D eigenvalue weighted by molar-refractivity contribution is 0.0827. The Balaban J connectivity index is 1.67. The lowest BCUT2D eigenvalue weighted by atomic mass is 9.84. The maximum Gasteiger partial charge on any atom is 0.253 e. The van der Waals surface area contributed by atoms with E-state index in [0.717, 1.165) is 29.9 Å². The van der Waals surface area contributed by atoms with Crippen LogP contribution < -0.4 is 10.1 Å². The van der Waals surface area contributed by atoms with Crippen molar-refractivity contribution in [1.82, 2.24) is 10.2 Å². The van der Waals surface area contributed by atoms with Crippen LogP contribution in [0.4, 0.5) is 0 Å². The summed E-state index contributed by atoms with van der Waals surface area (Å²) in [6, 6.07) is 15.3. The van der Waals surface area contributed by atoms with Crippen molar-refractivity contribution in [2.45, 2.75) is 37.8 Å². The van der Waals surface area contributed by atoms with Gasteiger partial charge in [-0.1, -0.05) is 23.8 Å². The summed E-state index contributed by atoms with van der Waals surface area (Å²) in [5.74, 6) is 1.66. The largest absolute Gasteiger partial charge is 0.456 e. The predicted molar refractivity (Wildman–Crippen MR) is 106 cm³/mol. The normalized spacial score (nSPS) is 22.7. The molecule has 2 atom stereocenters. The molecule has 5 rings (SSSR count). The molecule has 1 N–H and O–H groups in total. The summed E-state index contributed by atoms with van der Waals surface area (Å²) in [5, 5.41) is 3.73. The molecule has 4 heteroatoms. The van der Waals surface area contributed by atoms with Gasteiger partial charge in [-0.15, -0.1) is 0 Å². The van der Waals surface area contributed by atoms with Gasteiger partial charge in [-0.25, -0.2) is 0 Å². The van der Waals surface area contributed by atoms with E-state index in [9.17, 15) is 4.79 Å². The third-order valence-corrected chi connectivity index (χ3v) is 5.95. The van der Waals surface area contributed by atoms with E-state index in [0.29, 0.717) is 17.6 Å². The smallest absolute Gasteiger partial charge is 0.253 e. The zero-order valence-electron chi connectivity index (χ0n) is 15.8. The highest BCUT2D eigenvalue weighted by Crippen LogP contribution is 2.48. The Kier molecular flexibility index (Phi) is 3.83. The monoisotopic (exact) mass is 360 g/mol. The van der Waals surface area contributed by atoms with Crippen molar-refractivity contribution in [1.29, 1.82) is 0 Å². The van der Waals surface area contributed by atoms with Crippen molar-refractivity contribution in [3.05, 3.63) is 64.7 Å². The SMILES string of the molecule is CN(C)C(=O)c1ccc2c(c1)Oc1ccccc1C2=C1CC2CCC(C1)N2. The molecule has 4 nitrogen and oxygen atoms in total. The lowest BCUT2D eigenvalue weighted by Crippen LogP contribution is -2.35. The van der Waals surface area contributed by atoms with Crippen molar-refractivity contribution in [2.24, 2.45) is 0 Å². The number of carbonyl (C=O) groups excluding carboxylic acids is 1. The molecule has 0 aliphatic carbocycles. The molecule has 0 aromatic heterocycles. The summed E-state index contributed by atoms with van der Waals surface area (Å²) in [6.07, 6.45) is 4.72. The molecular formula is C23H24N2O2. The third-order valence-electron chi connectivity index (χ3n) is 5.95. The van der Waals surface area contributed by atoms with E-state index in [1.165, 1.54) is 29.6 Å². The molecule has 2 unspecified atom stereocenters. The van der Waals surface area contributed by atoms with Crippen LogP contribution in [0.15, 0.2) is 48.0 Å². The van der Waals surface area contributed by atoms with Gasteiger partial charge < -0.3 is 15.0 Å². The number of carbonyl (C=O) groups is 1. The number of ether oxygens (including phenoxy) is 1. The second-order valence-electron chi connectivity index (χ2n) is 8.03. The Labute approximate surface area is 159 Å². The van der Waals surface area contributed by atoms with E-state index in [4.69, 9.17) is 4.74 Å². The molecule has 27 heavy (non-hydrogen) atoms. The molecule has 1 amide bonds. The van der Waals surface area contributed by atoms with Crippen LogP contribution >= 0.6 is 0 Å². The minimum Gasteiger partial charge on any atom is -0.456 e. The Morgan fingerprint density at radius 2 is 1.70 bits per heavy atom. The van der Waals surface area contributed by atoms with Crippen molar-refractivity contribution < 1.29 is 9.53 Å². The van der Waals surface area contributed by atoms with Crippen molar-refractivity contribution in [3.63, 3.8) is 0 Å². The molecular weight excluding hydrogens is 336 g/mol. The Hall–Kier alpha value is -2.59. The molecule has 0 radical (unpaired) electrons. The van der Waals surface area contributed by atoms with E-state index in [1.807, 2.05) is 24.3 Å². The Morgan fingerprint density at radius 3 is 2.44 bits per heavy atom. The van der Waals surface area contributed by atoms with Crippen molar-refractivity contribution >= 4 is 11.5 Å². The molecule has 2 aromatic carbocycles. The second-order valence-corrected chi connectivity index (χ2v) is 8.03. The molecule has 2 bridgehead atoms.